The van der Waals surface area contributed by atoms with Gasteiger partial charge in [-0.3, -0.25) is 14.1 Å². The molecule has 1 atom stereocenters. The lowest BCUT2D eigenvalue weighted by Crippen LogP contribution is -2.29. The lowest BCUT2D eigenvalue weighted by Gasteiger charge is -2.18. The van der Waals surface area contributed by atoms with Crippen molar-refractivity contribution in [2.24, 2.45) is 0 Å². The third-order valence-corrected chi connectivity index (χ3v) is 9.94. The van der Waals surface area contributed by atoms with Crippen LogP contribution in [0.25, 0.3) is 0 Å². The minimum atomic E-state index is -4.76. The van der Waals surface area contributed by atoms with Gasteiger partial charge in [-0.25, -0.2) is 4.57 Å². The van der Waals surface area contributed by atoms with Gasteiger partial charge in [-0.1, -0.05) is 186 Å². The van der Waals surface area contributed by atoms with E-state index < -0.39 is 32.5 Å². The van der Waals surface area contributed by atoms with Crippen LogP contribution in [0.4, 0.5) is 0 Å². The van der Waals surface area contributed by atoms with Crippen LogP contribution in [0.15, 0.2) is 24.3 Å². The molecule has 0 spiro atoms. The predicted octanol–water partition coefficient (Wildman–Crippen LogP) is 13.2. The van der Waals surface area contributed by atoms with E-state index in [1.807, 2.05) is 0 Å². The summed E-state index contributed by atoms with van der Waals surface area (Å²) in [4.78, 5) is 42.7. The third-order valence-electron chi connectivity index (χ3n) is 9.45. The summed E-state index contributed by atoms with van der Waals surface area (Å²) in [6.07, 6.45) is 45.0. The molecule has 0 fully saturated rings. The summed E-state index contributed by atoms with van der Waals surface area (Å²) in [7, 11) is -4.76. The molecule has 0 amide bonds. The summed E-state index contributed by atoms with van der Waals surface area (Å²) >= 11 is 0. The van der Waals surface area contributed by atoms with E-state index in [9.17, 15) is 14.2 Å². The normalized spacial score (nSPS) is 12.6. The summed E-state index contributed by atoms with van der Waals surface area (Å²) in [5.41, 5.74) is 0. The van der Waals surface area contributed by atoms with Crippen molar-refractivity contribution in [2.45, 2.75) is 225 Å². The standard InChI is InChI=1S/C43H81O8P/c1-3-5-7-9-11-13-15-16-17-18-19-20-21-22-23-24-25-26-28-30-32-34-36-38-43(45)51-41(40-50-52(46,47)48)39-49-42(44)37-35-33-31-29-27-14-12-10-8-6-4-2/h24-25,30,32,41H,3-23,26-29,31,33-40H2,1-2H3,(H2,46,47,48)/b25-24+,32-30+/t41-/m1/s1. The molecule has 0 aliphatic carbocycles. The SMILES string of the molecule is CCCCCCCCCCCCCCCC/C=C/CC/C=C/CCCC(=O)O[C@H](COC(=O)CCCCCCCCCCCCC)COP(=O)(O)O. The largest absolute Gasteiger partial charge is 0.469 e. The van der Waals surface area contributed by atoms with E-state index in [1.54, 1.807) is 0 Å². The van der Waals surface area contributed by atoms with Crippen molar-refractivity contribution in [2.75, 3.05) is 13.2 Å². The molecule has 0 bridgehead atoms. The molecule has 0 saturated heterocycles. The van der Waals surface area contributed by atoms with Crippen LogP contribution in [0.2, 0.25) is 0 Å². The van der Waals surface area contributed by atoms with Gasteiger partial charge in [0, 0.05) is 12.8 Å². The molecule has 8 nitrogen and oxygen atoms in total. The van der Waals surface area contributed by atoms with Gasteiger partial charge in [0.15, 0.2) is 6.10 Å². The first-order valence-corrected chi connectivity index (χ1v) is 23.2. The highest BCUT2D eigenvalue weighted by Crippen LogP contribution is 2.36. The molecular formula is C43H81O8P. The fourth-order valence-corrected chi connectivity index (χ4v) is 6.58. The van der Waals surface area contributed by atoms with Gasteiger partial charge in [-0.15, -0.1) is 0 Å². The predicted molar refractivity (Wildman–Crippen MR) is 216 cm³/mol. The first kappa shape index (κ1) is 50.5. The summed E-state index contributed by atoms with van der Waals surface area (Å²) in [5, 5.41) is 0. The Bertz CT molecular complexity index is 900. The number of rotatable bonds is 40. The van der Waals surface area contributed by atoms with E-state index in [4.69, 9.17) is 19.3 Å². The van der Waals surface area contributed by atoms with Crippen LogP contribution in [0.3, 0.4) is 0 Å². The first-order valence-electron chi connectivity index (χ1n) is 21.6. The zero-order valence-corrected chi connectivity index (χ0v) is 34.6. The van der Waals surface area contributed by atoms with Crippen molar-refractivity contribution in [3.63, 3.8) is 0 Å². The highest BCUT2D eigenvalue weighted by atomic mass is 31.2. The molecule has 0 unspecified atom stereocenters. The van der Waals surface area contributed by atoms with Crippen LogP contribution >= 0.6 is 7.82 Å². The van der Waals surface area contributed by atoms with Crippen LogP contribution < -0.4 is 0 Å². The molecule has 0 aliphatic heterocycles. The van der Waals surface area contributed by atoms with Crippen molar-refractivity contribution in [1.29, 1.82) is 0 Å². The van der Waals surface area contributed by atoms with E-state index in [0.29, 0.717) is 6.42 Å². The maximum absolute atomic E-state index is 12.4. The van der Waals surface area contributed by atoms with E-state index in [-0.39, 0.29) is 19.4 Å². The Kier molecular flexibility index (Phi) is 38.1. The van der Waals surface area contributed by atoms with Crippen LogP contribution in [-0.2, 0) is 28.2 Å². The zero-order chi connectivity index (χ0) is 38.2. The maximum atomic E-state index is 12.4. The van der Waals surface area contributed by atoms with Gasteiger partial charge >= 0.3 is 19.8 Å². The molecule has 0 saturated carbocycles. The molecule has 2 N–H and O–H groups in total. The van der Waals surface area contributed by atoms with Gasteiger partial charge in [-0.2, -0.15) is 0 Å². The second-order valence-corrected chi connectivity index (χ2v) is 15.9. The van der Waals surface area contributed by atoms with Gasteiger partial charge in [0.25, 0.3) is 0 Å². The summed E-state index contributed by atoms with van der Waals surface area (Å²) < 4.78 is 26.3. The topological polar surface area (TPSA) is 119 Å². The number of ether oxygens (including phenoxy) is 2. The molecule has 0 rings (SSSR count). The van der Waals surface area contributed by atoms with Gasteiger partial charge in [-0.05, 0) is 44.9 Å². The fraction of sp³-hybridized carbons (Fsp3) is 0.860. The average molecular weight is 757 g/mol. The molecule has 52 heavy (non-hydrogen) atoms. The number of phosphoric acid groups is 1. The summed E-state index contributed by atoms with van der Waals surface area (Å²) in [6.45, 7) is 3.66. The highest BCUT2D eigenvalue weighted by Gasteiger charge is 2.22. The minimum absolute atomic E-state index is 0.155. The monoisotopic (exact) mass is 757 g/mol. The van der Waals surface area contributed by atoms with Crippen molar-refractivity contribution >= 4 is 19.8 Å². The van der Waals surface area contributed by atoms with Gasteiger partial charge in [0.05, 0.1) is 6.61 Å². The molecule has 306 valence electrons. The Labute approximate surface area is 319 Å². The lowest BCUT2D eigenvalue weighted by molar-refractivity contribution is -0.161. The van der Waals surface area contributed by atoms with Crippen molar-refractivity contribution in [1.82, 2.24) is 0 Å². The van der Waals surface area contributed by atoms with E-state index >= 15 is 0 Å². The van der Waals surface area contributed by atoms with Crippen molar-refractivity contribution in [3.05, 3.63) is 24.3 Å². The average Bonchev–Trinajstić information content (AvgIpc) is 3.11. The Balaban J connectivity index is 3.89. The Morgan fingerprint density at radius 1 is 0.481 bits per heavy atom. The molecule has 9 heteroatoms. The molecule has 0 aliphatic rings. The second kappa shape index (κ2) is 39.2. The molecule has 0 aromatic heterocycles. The number of hydrogen-bond donors (Lipinski definition) is 2. The Morgan fingerprint density at radius 2 is 0.846 bits per heavy atom. The van der Waals surface area contributed by atoms with Crippen molar-refractivity contribution < 1.29 is 37.9 Å². The lowest BCUT2D eigenvalue weighted by atomic mass is 10.0. The molecule has 0 heterocycles. The molecule has 0 radical (unpaired) electrons. The number of allylic oxidation sites excluding steroid dienone is 4. The number of phosphoric ester groups is 1. The van der Waals surface area contributed by atoms with Crippen molar-refractivity contribution in [3.8, 4) is 0 Å². The number of hydrogen-bond acceptors (Lipinski definition) is 6. The fourth-order valence-electron chi connectivity index (χ4n) is 6.22. The minimum Gasteiger partial charge on any atom is -0.462 e. The zero-order valence-electron chi connectivity index (χ0n) is 33.7. The number of carbonyl (C=O) groups is 2. The summed E-state index contributed by atoms with van der Waals surface area (Å²) in [5.74, 6) is -0.927. The Hall–Kier alpha value is -1.47. The molecular weight excluding hydrogens is 675 g/mol. The number of unbranched alkanes of at least 4 members (excludes halogenated alkanes) is 26. The van der Waals surface area contributed by atoms with E-state index in [1.165, 1.54) is 141 Å². The van der Waals surface area contributed by atoms with Crippen LogP contribution in [-0.4, -0.2) is 41.0 Å². The maximum Gasteiger partial charge on any atom is 0.469 e. The van der Waals surface area contributed by atoms with E-state index in [0.717, 1.165) is 44.9 Å². The quantitative estimate of drug-likeness (QED) is 0.0274. The van der Waals surface area contributed by atoms with Gasteiger partial charge in [0.1, 0.15) is 6.61 Å². The number of carbonyl (C=O) groups excluding carboxylic acids is 2. The highest BCUT2D eigenvalue weighted by molar-refractivity contribution is 7.46. The van der Waals surface area contributed by atoms with Gasteiger partial charge < -0.3 is 19.3 Å². The van der Waals surface area contributed by atoms with Gasteiger partial charge in [0.2, 0.25) is 0 Å². The second-order valence-electron chi connectivity index (χ2n) is 14.7. The number of esters is 2. The molecule has 0 aromatic rings. The molecule has 0 aromatic carbocycles. The smallest absolute Gasteiger partial charge is 0.462 e. The van der Waals surface area contributed by atoms with Crippen LogP contribution in [0, 0.1) is 0 Å². The van der Waals surface area contributed by atoms with Crippen LogP contribution in [0.5, 0.6) is 0 Å². The Morgan fingerprint density at radius 3 is 1.29 bits per heavy atom. The van der Waals surface area contributed by atoms with Crippen LogP contribution in [0.1, 0.15) is 219 Å². The third kappa shape index (κ3) is 41.3. The first-order chi connectivity index (χ1) is 25.3. The summed E-state index contributed by atoms with van der Waals surface area (Å²) in [6, 6.07) is 0. The van der Waals surface area contributed by atoms with E-state index in [2.05, 4.69) is 42.7 Å².